The summed E-state index contributed by atoms with van der Waals surface area (Å²) in [6.07, 6.45) is -0.594. The number of hydrogen-bond acceptors (Lipinski definition) is 4. The number of carboxylic acid groups (broad SMARTS) is 1. The molecule has 0 saturated carbocycles. The van der Waals surface area contributed by atoms with Gasteiger partial charge in [-0.05, 0) is 26.7 Å². The molecule has 5 nitrogen and oxygen atoms in total. The van der Waals surface area contributed by atoms with Gasteiger partial charge in [0.1, 0.15) is 0 Å². The third-order valence-corrected chi connectivity index (χ3v) is 3.47. The summed E-state index contributed by atoms with van der Waals surface area (Å²) in [5.41, 5.74) is -1.19. The fourth-order valence-electron chi connectivity index (χ4n) is 2.17. The fraction of sp³-hybridized carbons (Fsp3) is 0.750. The minimum atomic E-state index is -1.19. The van der Waals surface area contributed by atoms with E-state index in [1.165, 1.54) is 19.9 Å². The molecule has 0 amide bonds. The Balaban J connectivity index is 5.51. The lowest BCUT2D eigenvalue weighted by atomic mass is 9.66. The molecule has 0 heterocycles. The van der Waals surface area contributed by atoms with E-state index in [-0.39, 0.29) is 0 Å². The molecule has 17 heavy (non-hydrogen) atoms. The van der Waals surface area contributed by atoms with Gasteiger partial charge >= 0.3 is 5.97 Å². The van der Waals surface area contributed by atoms with Crippen LogP contribution in [0.1, 0.15) is 27.7 Å². The lowest BCUT2D eigenvalue weighted by Crippen LogP contribution is -2.49. The van der Waals surface area contributed by atoms with Crippen molar-refractivity contribution in [3.05, 3.63) is 12.2 Å². The van der Waals surface area contributed by atoms with Crippen molar-refractivity contribution in [2.75, 3.05) is 0 Å². The molecular weight excluding hydrogens is 224 g/mol. The number of aliphatic carboxylic acids is 1. The molecule has 100 valence electrons. The second-order valence-electron chi connectivity index (χ2n) is 4.55. The average molecular weight is 246 g/mol. The summed E-state index contributed by atoms with van der Waals surface area (Å²) < 4.78 is 0. The van der Waals surface area contributed by atoms with Crippen molar-refractivity contribution in [1.29, 1.82) is 0 Å². The van der Waals surface area contributed by atoms with Crippen LogP contribution >= 0.6 is 0 Å². The number of hydrogen-bond donors (Lipinski definition) is 4. The topological polar surface area (TPSA) is 98.0 Å². The highest BCUT2D eigenvalue weighted by Gasteiger charge is 2.44. The molecule has 0 aromatic heterocycles. The van der Waals surface area contributed by atoms with Crippen molar-refractivity contribution in [1.82, 2.24) is 0 Å². The second kappa shape index (κ2) is 6.14. The van der Waals surface area contributed by atoms with Crippen LogP contribution < -0.4 is 0 Å². The van der Waals surface area contributed by atoms with Crippen LogP contribution in [0, 0.1) is 11.3 Å². The van der Waals surface area contributed by atoms with Gasteiger partial charge in [0.15, 0.2) is 0 Å². The first kappa shape index (κ1) is 16.1. The Kier molecular flexibility index (Phi) is 5.81. The van der Waals surface area contributed by atoms with E-state index in [2.05, 4.69) is 0 Å². The van der Waals surface area contributed by atoms with Gasteiger partial charge in [0, 0.05) is 11.5 Å². The third kappa shape index (κ3) is 3.52. The van der Waals surface area contributed by atoms with Gasteiger partial charge in [-0.25, -0.2) is 4.79 Å². The first-order chi connectivity index (χ1) is 7.66. The van der Waals surface area contributed by atoms with E-state index < -0.39 is 35.6 Å². The van der Waals surface area contributed by atoms with Crippen LogP contribution in [0.4, 0.5) is 0 Å². The second-order valence-corrected chi connectivity index (χ2v) is 4.55. The summed E-state index contributed by atoms with van der Waals surface area (Å²) in [6.45, 7) is 6.14. The molecular formula is C12H22O5. The third-order valence-electron chi connectivity index (χ3n) is 3.47. The molecule has 0 fully saturated rings. The normalized spacial score (nSPS) is 22.8. The zero-order valence-corrected chi connectivity index (χ0v) is 10.7. The van der Waals surface area contributed by atoms with Crippen molar-refractivity contribution in [3.8, 4) is 0 Å². The van der Waals surface area contributed by atoms with Crippen molar-refractivity contribution in [3.63, 3.8) is 0 Å². The van der Waals surface area contributed by atoms with Crippen molar-refractivity contribution in [2.45, 2.75) is 46.0 Å². The summed E-state index contributed by atoms with van der Waals surface area (Å²) in [6, 6.07) is 0. The molecule has 0 saturated heterocycles. The van der Waals surface area contributed by atoms with Gasteiger partial charge in [0.25, 0.3) is 0 Å². The first-order valence-electron chi connectivity index (χ1n) is 5.62. The minimum absolute atomic E-state index is 0.488. The average Bonchev–Trinajstić information content (AvgIpc) is 2.16. The van der Waals surface area contributed by atoms with Crippen molar-refractivity contribution in [2.24, 2.45) is 11.3 Å². The van der Waals surface area contributed by atoms with Gasteiger partial charge in [-0.15, -0.1) is 0 Å². The Hall–Kier alpha value is -0.910. The quantitative estimate of drug-likeness (QED) is 0.508. The van der Waals surface area contributed by atoms with Crippen LogP contribution in [-0.4, -0.2) is 44.7 Å². The molecule has 0 aromatic rings. The Labute approximate surface area is 101 Å². The summed E-state index contributed by atoms with van der Waals surface area (Å²) in [5.74, 6) is -1.65. The summed E-state index contributed by atoms with van der Waals surface area (Å²) in [5, 5.41) is 38.0. The maximum atomic E-state index is 10.6. The van der Waals surface area contributed by atoms with Gasteiger partial charge in [-0.1, -0.05) is 13.0 Å². The van der Waals surface area contributed by atoms with Crippen LogP contribution in [0.2, 0.25) is 0 Å². The molecule has 0 aliphatic rings. The number of aliphatic hydroxyl groups excluding tert-OH is 3. The largest absolute Gasteiger partial charge is 0.478 e. The Morgan fingerprint density at radius 3 is 1.71 bits per heavy atom. The maximum Gasteiger partial charge on any atom is 0.328 e. The van der Waals surface area contributed by atoms with Gasteiger partial charge in [-0.3, -0.25) is 0 Å². The number of carbonyl (C=O) groups is 1. The van der Waals surface area contributed by atoms with Crippen molar-refractivity contribution < 1.29 is 25.2 Å². The molecule has 4 atom stereocenters. The van der Waals surface area contributed by atoms with E-state index >= 15 is 0 Å². The summed E-state index contributed by atoms with van der Waals surface area (Å²) in [4.78, 5) is 10.6. The molecule has 0 spiro atoms. The van der Waals surface area contributed by atoms with Crippen molar-refractivity contribution >= 4 is 5.97 Å². The SMILES string of the molecule is CC(O)C(C)C(C=CC(=O)O)(C(C)O)C(C)O. The van der Waals surface area contributed by atoms with E-state index in [4.69, 9.17) is 5.11 Å². The number of aliphatic hydroxyl groups is 3. The van der Waals surface area contributed by atoms with E-state index in [0.717, 1.165) is 6.08 Å². The fourth-order valence-corrected chi connectivity index (χ4v) is 2.17. The van der Waals surface area contributed by atoms with Gasteiger partial charge in [0.05, 0.1) is 18.3 Å². The number of rotatable bonds is 6. The highest BCUT2D eigenvalue weighted by molar-refractivity contribution is 5.79. The molecule has 0 rings (SSSR count). The van der Waals surface area contributed by atoms with Gasteiger partial charge in [0.2, 0.25) is 0 Å². The molecule has 0 aromatic carbocycles. The van der Waals surface area contributed by atoms with Crippen LogP contribution in [0.5, 0.6) is 0 Å². The Bertz CT molecular complexity index is 273. The van der Waals surface area contributed by atoms with Gasteiger partial charge < -0.3 is 20.4 Å². The lowest BCUT2D eigenvalue weighted by molar-refractivity contribution is -0.131. The van der Waals surface area contributed by atoms with Gasteiger partial charge in [-0.2, -0.15) is 0 Å². The number of carboxylic acids is 1. The van der Waals surface area contributed by atoms with Crippen LogP contribution in [-0.2, 0) is 4.79 Å². The van der Waals surface area contributed by atoms with E-state index in [1.807, 2.05) is 0 Å². The molecule has 0 aliphatic heterocycles. The maximum absolute atomic E-state index is 10.6. The van der Waals surface area contributed by atoms with Crippen LogP contribution in [0.25, 0.3) is 0 Å². The first-order valence-corrected chi connectivity index (χ1v) is 5.62. The summed E-state index contributed by atoms with van der Waals surface area (Å²) >= 11 is 0. The zero-order chi connectivity index (χ0) is 13.8. The van der Waals surface area contributed by atoms with E-state index in [9.17, 15) is 20.1 Å². The molecule has 5 heteroatoms. The van der Waals surface area contributed by atoms with E-state index in [0.29, 0.717) is 0 Å². The Morgan fingerprint density at radius 1 is 1.06 bits per heavy atom. The minimum Gasteiger partial charge on any atom is -0.478 e. The highest BCUT2D eigenvalue weighted by Crippen LogP contribution is 2.39. The zero-order valence-electron chi connectivity index (χ0n) is 10.7. The molecule has 0 radical (unpaired) electrons. The lowest BCUT2D eigenvalue weighted by Gasteiger charge is -2.43. The van der Waals surface area contributed by atoms with Crippen LogP contribution in [0.15, 0.2) is 12.2 Å². The smallest absolute Gasteiger partial charge is 0.328 e. The molecule has 4 unspecified atom stereocenters. The predicted octanol–water partition coefficient (Wildman–Crippen LogP) is 0.392. The molecule has 0 bridgehead atoms. The van der Waals surface area contributed by atoms with Crippen LogP contribution in [0.3, 0.4) is 0 Å². The molecule has 4 N–H and O–H groups in total. The van der Waals surface area contributed by atoms with E-state index in [1.54, 1.807) is 13.8 Å². The standard InChI is InChI=1S/C12H22O5/c1-7(8(2)13)12(9(3)14,10(4)15)6-5-11(16)17/h5-10,13-15H,1-4H3,(H,16,17). The predicted molar refractivity (Wildman–Crippen MR) is 63.4 cm³/mol. The Morgan fingerprint density at radius 2 is 1.47 bits per heavy atom. The molecule has 0 aliphatic carbocycles. The summed E-state index contributed by atoms with van der Waals surface area (Å²) in [7, 11) is 0. The highest BCUT2D eigenvalue weighted by atomic mass is 16.4. The monoisotopic (exact) mass is 246 g/mol.